The van der Waals surface area contributed by atoms with E-state index in [1.165, 1.54) is 12.3 Å². The van der Waals surface area contributed by atoms with Gasteiger partial charge >= 0.3 is 6.03 Å². The number of para-hydroxylation sites is 1. The third kappa shape index (κ3) is 4.57. The number of carbonyl (C=O) groups is 2. The van der Waals surface area contributed by atoms with Crippen molar-refractivity contribution in [2.24, 2.45) is 0 Å². The summed E-state index contributed by atoms with van der Waals surface area (Å²) in [6, 6.07) is 10.8. The minimum absolute atomic E-state index is 0.0108. The summed E-state index contributed by atoms with van der Waals surface area (Å²) < 4.78 is 5.39. The topological polar surface area (TPSA) is 130 Å². The number of nitrogens with one attached hydrogen (secondary N) is 2. The Morgan fingerprint density at radius 2 is 1.92 bits per heavy atom. The van der Waals surface area contributed by atoms with E-state index in [0.29, 0.717) is 11.4 Å². The minimum Gasteiger partial charge on any atom is -0.507 e. The Balaban J connectivity index is 1.51. The third-order valence-electron chi connectivity index (χ3n) is 3.03. The van der Waals surface area contributed by atoms with Gasteiger partial charge < -0.3 is 9.52 Å². The molecule has 3 aromatic rings. The molecule has 0 aliphatic rings. The normalized spacial score (nSPS) is 10.3. The summed E-state index contributed by atoms with van der Waals surface area (Å²) in [4.78, 5) is 27.4. The number of anilines is 1. The Morgan fingerprint density at radius 3 is 2.69 bits per heavy atom. The van der Waals surface area contributed by atoms with E-state index in [4.69, 9.17) is 4.42 Å². The van der Waals surface area contributed by atoms with Gasteiger partial charge in [-0.3, -0.25) is 15.4 Å². The standard InChI is InChI=1S/C16H13N5O4S/c22-11-6-2-1-5-10(11)14-20-21-16(25-14)26-9-13(23)19-15(24)18-12-7-3-4-8-17-12/h1-8,22H,9H2,(H2,17,18,19,23,24). The van der Waals surface area contributed by atoms with Crippen LogP contribution in [0.15, 0.2) is 58.3 Å². The van der Waals surface area contributed by atoms with Gasteiger partial charge in [0.25, 0.3) is 11.1 Å². The van der Waals surface area contributed by atoms with E-state index in [1.807, 2.05) is 0 Å². The molecule has 3 rings (SSSR count). The van der Waals surface area contributed by atoms with Crippen LogP contribution in [-0.2, 0) is 4.79 Å². The molecule has 132 valence electrons. The average molecular weight is 371 g/mol. The first kappa shape index (κ1) is 17.4. The summed E-state index contributed by atoms with van der Waals surface area (Å²) in [5.41, 5.74) is 0.394. The number of aromatic hydroxyl groups is 1. The van der Waals surface area contributed by atoms with Gasteiger partial charge in [0.15, 0.2) is 0 Å². The first-order valence-electron chi connectivity index (χ1n) is 7.38. The Hall–Kier alpha value is -3.40. The van der Waals surface area contributed by atoms with Crippen LogP contribution in [0.4, 0.5) is 10.6 Å². The summed E-state index contributed by atoms with van der Waals surface area (Å²) in [5, 5.41) is 22.1. The molecule has 3 amide bonds. The smallest absolute Gasteiger partial charge is 0.327 e. The Kier molecular flexibility index (Phi) is 5.44. The Labute approximate surface area is 151 Å². The summed E-state index contributed by atoms with van der Waals surface area (Å²) >= 11 is 0.969. The Bertz CT molecular complexity index is 916. The molecule has 0 bridgehead atoms. The molecule has 1 aromatic carbocycles. The van der Waals surface area contributed by atoms with Crippen molar-refractivity contribution in [1.29, 1.82) is 0 Å². The van der Waals surface area contributed by atoms with Crippen molar-refractivity contribution in [3.63, 3.8) is 0 Å². The van der Waals surface area contributed by atoms with Crippen molar-refractivity contribution < 1.29 is 19.1 Å². The van der Waals surface area contributed by atoms with Crippen LogP contribution < -0.4 is 10.6 Å². The average Bonchev–Trinajstić information content (AvgIpc) is 3.10. The number of phenolic OH excluding ortho intramolecular Hbond substituents is 1. The highest BCUT2D eigenvalue weighted by Crippen LogP contribution is 2.29. The highest BCUT2D eigenvalue weighted by atomic mass is 32.2. The number of phenols is 1. The lowest BCUT2D eigenvalue weighted by atomic mass is 10.2. The van der Waals surface area contributed by atoms with Gasteiger partial charge in [0.1, 0.15) is 11.6 Å². The van der Waals surface area contributed by atoms with Crippen molar-refractivity contribution in [1.82, 2.24) is 20.5 Å². The highest BCUT2D eigenvalue weighted by molar-refractivity contribution is 7.99. The summed E-state index contributed by atoms with van der Waals surface area (Å²) in [6.07, 6.45) is 1.52. The molecule has 0 saturated carbocycles. The van der Waals surface area contributed by atoms with Gasteiger partial charge in [0.2, 0.25) is 5.91 Å². The zero-order chi connectivity index (χ0) is 18.4. The second-order valence-electron chi connectivity index (χ2n) is 4.90. The number of benzene rings is 1. The molecule has 0 spiro atoms. The predicted molar refractivity (Wildman–Crippen MR) is 93.5 cm³/mol. The zero-order valence-electron chi connectivity index (χ0n) is 13.2. The van der Waals surface area contributed by atoms with Crippen molar-refractivity contribution >= 4 is 29.5 Å². The molecule has 0 fully saturated rings. The number of hydrogen-bond acceptors (Lipinski definition) is 8. The number of thioether (sulfide) groups is 1. The molecule has 0 aliphatic carbocycles. The molecule has 0 atom stereocenters. The quantitative estimate of drug-likeness (QED) is 0.582. The molecule has 10 heteroatoms. The molecule has 9 nitrogen and oxygen atoms in total. The zero-order valence-corrected chi connectivity index (χ0v) is 14.1. The fourth-order valence-electron chi connectivity index (χ4n) is 1.91. The summed E-state index contributed by atoms with van der Waals surface area (Å²) in [5.74, 6) is -0.158. The van der Waals surface area contributed by atoms with Crippen LogP contribution in [0.1, 0.15) is 0 Å². The first-order valence-corrected chi connectivity index (χ1v) is 8.37. The van der Waals surface area contributed by atoms with Gasteiger partial charge in [0, 0.05) is 6.20 Å². The molecular weight excluding hydrogens is 358 g/mol. The van der Waals surface area contributed by atoms with Crippen molar-refractivity contribution in [3.05, 3.63) is 48.7 Å². The Morgan fingerprint density at radius 1 is 1.12 bits per heavy atom. The van der Waals surface area contributed by atoms with Gasteiger partial charge in [-0.1, -0.05) is 30.0 Å². The lowest BCUT2D eigenvalue weighted by Gasteiger charge is -2.04. The fourth-order valence-corrected chi connectivity index (χ4v) is 2.47. The van der Waals surface area contributed by atoms with Crippen LogP contribution in [0, 0.1) is 0 Å². The molecule has 0 radical (unpaired) electrons. The van der Waals surface area contributed by atoms with Crippen LogP contribution in [-0.4, -0.2) is 38.0 Å². The number of urea groups is 1. The number of hydrogen-bond donors (Lipinski definition) is 3. The van der Waals surface area contributed by atoms with Crippen molar-refractivity contribution in [2.75, 3.05) is 11.1 Å². The maximum atomic E-state index is 11.8. The van der Waals surface area contributed by atoms with E-state index in [1.54, 1.807) is 36.4 Å². The van der Waals surface area contributed by atoms with Crippen LogP contribution in [0.3, 0.4) is 0 Å². The largest absolute Gasteiger partial charge is 0.507 e. The number of carbonyl (C=O) groups excluding carboxylic acids is 2. The van der Waals surface area contributed by atoms with Gasteiger partial charge in [-0.05, 0) is 24.3 Å². The van der Waals surface area contributed by atoms with E-state index in [2.05, 4.69) is 25.8 Å². The fraction of sp³-hybridized carbons (Fsp3) is 0.0625. The van der Waals surface area contributed by atoms with Gasteiger partial charge in [0.05, 0.1) is 11.3 Å². The van der Waals surface area contributed by atoms with E-state index < -0.39 is 11.9 Å². The van der Waals surface area contributed by atoms with E-state index >= 15 is 0 Å². The second kappa shape index (κ2) is 8.12. The van der Waals surface area contributed by atoms with Crippen molar-refractivity contribution in [3.8, 4) is 17.2 Å². The maximum Gasteiger partial charge on any atom is 0.327 e. The molecule has 3 N–H and O–H groups in total. The van der Waals surface area contributed by atoms with E-state index in [-0.39, 0.29) is 22.6 Å². The predicted octanol–water partition coefficient (Wildman–Crippen LogP) is 2.28. The SMILES string of the molecule is O=C(CSc1nnc(-c2ccccc2O)o1)NC(=O)Nc1ccccn1. The van der Waals surface area contributed by atoms with Gasteiger partial charge in [-0.15, -0.1) is 10.2 Å². The number of rotatable bonds is 5. The molecule has 0 saturated heterocycles. The van der Waals surface area contributed by atoms with Crippen LogP contribution >= 0.6 is 11.8 Å². The van der Waals surface area contributed by atoms with Gasteiger partial charge in [-0.25, -0.2) is 9.78 Å². The summed E-state index contributed by atoms with van der Waals surface area (Å²) in [6.45, 7) is 0. The maximum absolute atomic E-state index is 11.8. The highest BCUT2D eigenvalue weighted by Gasteiger charge is 2.14. The van der Waals surface area contributed by atoms with Crippen LogP contribution in [0.25, 0.3) is 11.5 Å². The molecular formula is C16H13N5O4S. The molecule has 2 heterocycles. The lowest BCUT2D eigenvalue weighted by Crippen LogP contribution is -2.35. The van der Waals surface area contributed by atoms with E-state index in [9.17, 15) is 14.7 Å². The number of nitrogens with zero attached hydrogens (tertiary/aromatic N) is 3. The minimum atomic E-state index is -0.685. The second-order valence-corrected chi connectivity index (χ2v) is 5.82. The third-order valence-corrected chi connectivity index (χ3v) is 3.85. The molecule has 26 heavy (non-hydrogen) atoms. The summed E-state index contributed by atoms with van der Waals surface area (Å²) in [7, 11) is 0. The monoisotopic (exact) mass is 371 g/mol. The van der Waals surface area contributed by atoms with E-state index in [0.717, 1.165) is 11.8 Å². The lowest BCUT2D eigenvalue weighted by molar-refractivity contribution is -0.117. The molecule has 0 aliphatic heterocycles. The molecule has 2 aromatic heterocycles. The molecule has 0 unspecified atom stereocenters. The number of amides is 3. The van der Waals surface area contributed by atoms with Gasteiger partial charge in [-0.2, -0.15) is 0 Å². The van der Waals surface area contributed by atoms with Crippen LogP contribution in [0.2, 0.25) is 0 Å². The first-order chi connectivity index (χ1) is 12.6. The number of imide groups is 1. The number of aromatic nitrogens is 3. The van der Waals surface area contributed by atoms with Crippen LogP contribution in [0.5, 0.6) is 5.75 Å². The number of pyridine rings is 1. The van der Waals surface area contributed by atoms with Crippen molar-refractivity contribution in [2.45, 2.75) is 5.22 Å².